The molecule has 0 amide bonds. The Labute approximate surface area is 101 Å². The van der Waals surface area contributed by atoms with Crippen LogP contribution in [0.2, 0.25) is 5.15 Å². The Morgan fingerprint density at radius 3 is 3.06 bits per heavy atom. The van der Waals surface area contributed by atoms with E-state index in [0.29, 0.717) is 11.7 Å². The molecule has 2 rings (SSSR count). The van der Waals surface area contributed by atoms with E-state index in [1.807, 2.05) is 0 Å². The van der Waals surface area contributed by atoms with Gasteiger partial charge in [-0.25, -0.2) is 15.1 Å². The fourth-order valence-electron chi connectivity index (χ4n) is 1.34. The van der Waals surface area contributed by atoms with Gasteiger partial charge in [0.05, 0.1) is 6.54 Å². The van der Waals surface area contributed by atoms with Gasteiger partial charge in [-0.05, 0) is 11.6 Å². The number of hydrogen-bond donors (Lipinski definition) is 1. The Morgan fingerprint density at radius 1 is 1.59 bits per heavy atom. The summed E-state index contributed by atoms with van der Waals surface area (Å²) in [6.45, 7) is 0.431. The Morgan fingerprint density at radius 2 is 2.41 bits per heavy atom. The minimum Gasteiger partial charge on any atom is -0.326 e. The van der Waals surface area contributed by atoms with Crippen LogP contribution in [-0.4, -0.2) is 19.6 Å². The number of nitro groups is 1. The van der Waals surface area contributed by atoms with E-state index >= 15 is 0 Å². The quantitative estimate of drug-likeness (QED) is 0.503. The number of pyridine rings is 1. The number of halogens is 1. The van der Waals surface area contributed by atoms with Crippen LogP contribution in [-0.2, 0) is 6.54 Å². The molecule has 0 aliphatic rings. The predicted octanol–water partition coefficient (Wildman–Crippen LogP) is 1.01. The van der Waals surface area contributed by atoms with Crippen molar-refractivity contribution in [3.63, 3.8) is 0 Å². The molecule has 2 aromatic heterocycles. The van der Waals surface area contributed by atoms with Crippen molar-refractivity contribution in [2.75, 3.05) is 0 Å². The first kappa shape index (κ1) is 11.3. The highest BCUT2D eigenvalue weighted by Crippen LogP contribution is 2.05. The molecule has 2 heterocycles. The molecular formula is C9H8ClN5O2. The summed E-state index contributed by atoms with van der Waals surface area (Å²) >= 11 is 5.66. The van der Waals surface area contributed by atoms with Gasteiger partial charge in [0.15, 0.2) is 5.03 Å². The van der Waals surface area contributed by atoms with Gasteiger partial charge >= 0.3 is 0 Å². The molecule has 0 bridgehead atoms. The third-order valence-corrected chi connectivity index (χ3v) is 2.28. The van der Waals surface area contributed by atoms with Crippen LogP contribution < -0.4 is 5.62 Å². The summed E-state index contributed by atoms with van der Waals surface area (Å²) in [5.41, 5.74) is 1.05. The van der Waals surface area contributed by atoms with E-state index in [1.165, 1.54) is 0 Å². The van der Waals surface area contributed by atoms with Gasteiger partial charge in [-0.1, -0.05) is 17.7 Å². The highest BCUT2D eigenvalue weighted by molar-refractivity contribution is 6.29. The lowest BCUT2D eigenvalue weighted by molar-refractivity contribution is -0.491. The number of nitrogens with zero attached hydrogens (tertiary/aromatic N) is 4. The monoisotopic (exact) mass is 253 g/mol. The van der Waals surface area contributed by atoms with Crippen LogP contribution in [0.5, 0.6) is 0 Å². The summed E-state index contributed by atoms with van der Waals surface area (Å²) in [6.07, 6.45) is 4.85. The Hall–Kier alpha value is -2.15. The second-order valence-corrected chi connectivity index (χ2v) is 3.63. The van der Waals surface area contributed by atoms with Crippen molar-refractivity contribution in [3.8, 4) is 0 Å². The van der Waals surface area contributed by atoms with Gasteiger partial charge in [0.25, 0.3) is 5.62 Å². The summed E-state index contributed by atoms with van der Waals surface area (Å²) in [5, 5.41) is 13.2. The fraction of sp³-hybridized carbons (Fsp3) is 0.111. The lowest BCUT2D eigenvalue weighted by atomic mass is 10.3. The number of hydrogen-bond acceptors (Lipinski definition) is 3. The van der Waals surface area contributed by atoms with Gasteiger partial charge in [0.1, 0.15) is 10.3 Å². The lowest BCUT2D eigenvalue weighted by Gasteiger charge is -2.01. The zero-order chi connectivity index (χ0) is 12.3. The number of rotatable bonds is 3. The molecule has 0 saturated heterocycles. The van der Waals surface area contributed by atoms with Gasteiger partial charge in [0.2, 0.25) is 0 Å². The van der Waals surface area contributed by atoms with Crippen LogP contribution >= 0.6 is 11.6 Å². The maximum absolute atomic E-state index is 10.3. The predicted molar refractivity (Wildman–Crippen MR) is 59.7 cm³/mol. The van der Waals surface area contributed by atoms with Crippen LogP contribution in [0, 0.1) is 10.1 Å². The molecule has 1 N–H and O–H groups in total. The smallest absolute Gasteiger partial charge is 0.279 e. The standard InChI is InChI=1S/C9H8ClN5O2/c10-8-2-1-7(5-12-8)6-14-4-3-11-9(14)13-15(16)17/h1-5H,6H2,(H,11,13). The number of aromatic amines is 1. The second kappa shape index (κ2) is 4.79. The van der Waals surface area contributed by atoms with Crippen LogP contribution in [0.15, 0.2) is 35.8 Å². The largest absolute Gasteiger partial charge is 0.326 e. The van der Waals surface area contributed by atoms with Crippen LogP contribution in [0.25, 0.3) is 0 Å². The first-order valence-corrected chi connectivity index (χ1v) is 5.06. The zero-order valence-electron chi connectivity index (χ0n) is 8.58. The van der Waals surface area contributed by atoms with Crippen molar-refractivity contribution in [2.45, 2.75) is 6.54 Å². The van der Waals surface area contributed by atoms with Crippen molar-refractivity contribution < 1.29 is 5.03 Å². The van der Waals surface area contributed by atoms with E-state index in [9.17, 15) is 10.1 Å². The van der Waals surface area contributed by atoms with E-state index in [1.54, 1.807) is 35.3 Å². The molecule has 7 nitrogen and oxygen atoms in total. The molecule has 0 saturated carbocycles. The first-order valence-electron chi connectivity index (χ1n) is 4.68. The summed E-state index contributed by atoms with van der Waals surface area (Å²) in [5.74, 6) is 0. The van der Waals surface area contributed by atoms with E-state index < -0.39 is 5.03 Å². The lowest BCUT2D eigenvalue weighted by Crippen LogP contribution is -2.20. The second-order valence-electron chi connectivity index (χ2n) is 3.24. The first-order chi connectivity index (χ1) is 8.15. The number of H-pyrrole nitrogens is 1. The van der Waals surface area contributed by atoms with Crippen molar-refractivity contribution in [1.82, 2.24) is 14.5 Å². The molecule has 0 aliphatic carbocycles. The molecule has 0 aliphatic heterocycles. The average Bonchev–Trinajstić information content (AvgIpc) is 2.68. The Kier molecular flexibility index (Phi) is 3.20. The van der Waals surface area contributed by atoms with E-state index in [0.717, 1.165) is 5.56 Å². The molecule has 0 aromatic carbocycles. The number of imidazole rings is 1. The molecule has 0 radical (unpaired) electrons. The minimum absolute atomic E-state index is 0.171. The molecule has 88 valence electrons. The third-order valence-electron chi connectivity index (χ3n) is 2.06. The zero-order valence-corrected chi connectivity index (χ0v) is 9.33. The molecule has 17 heavy (non-hydrogen) atoms. The van der Waals surface area contributed by atoms with Gasteiger partial charge in [-0.2, -0.15) is 0 Å². The summed E-state index contributed by atoms with van der Waals surface area (Å²) in [7, 11) is 0. The van der Waals surface area contributed by atoms with Crippen molar-refractivity contribution in [3.05, 3.63) is 57.2 Å². The Balaban J connectivity index is 2.28. The highest BCUT2D eigenvalue weighted by Gasteiger charge is 2.01. The van der Waals surface area contributed by atoms with Gasteiger partial charge in [-0.15, -0.1) is 0 Å². The molecule has 0 spiro atoms. The maximum atomic E-state index is 10.3. The molecule has 0 atom stereocenters. The summed E-state index contributed by atoms with van der Waals surface area (Å²) in [4.78, 5) is 16.9. The van der Waals surface area contributed by atoms with Gasteiger partial charge in [0, 0.05) is 18.6 Å². The number of aromatic nitrogens is 3. The highest BCUT2D eigenvalue weighted by atomic mass is 35.5. The molecule has 2 aromatic rings. The van der Waals surface area contributed by atoms with Crippen molar-refractivity contribution >= 4 is 11.6 Å². The summed E-state index contributed by atoms with van der Waals surface area (Å²) in [6, 6.07) is 3.46. The molecule has 0 fully saturated rings. The van der Waals surface area contributed by atoms with Gasteiger partial charge < -0.3 is 9.55 Å². The van der Waals surface area contributed by atoms with Crippen LogP contribution in [0.4, 0.5) is 0 Å². The average molecular weight is 254 g/mol. The van der Waals surface area contributed by atoms with Crippen molar-refractivity contribution in [2.24, 2.45) is 5.10 Å². The van der Waals surface area contributed by atoms with Crippen LogP contribution in [0.1, 0.15) is 5.56 Å². The fourth-order valence-corrected chi connectivity index (χ4v) is 1.45. The third kappa shape index (κ3) is 2.91. The van der Waals surface area contributed by atoms with E-state index in [-0.39, 0.29) is 5.62 Å². The molecular weight excluding hydrogens is 246 g/mol. The summed E-state index contributed by atoms with van der Waals surface area (Å²) < 4.78 is 1.60. The van der Waals surface area contributed by atoms with E-state index in [4.69, 9.17) is 11.6 Å². The normalized spacial score (nSPS) is 11.7. The van der Waals surface area contributed by atoms with Crippen LogP contribution in [0.3, 0.4) is 0 Å². The maximum Gasteiger partial charge on any atom is 0.279 e. The minimum atomic E-state index is -0.748. The number of nitrogens with one attached hydrogen (secondary N) is 1. The Bertz CT molecular complexity index is 586. The van der Waals surface area contributed by atoms with Gasteiger partial charge in [-0.3, -0.25) is 0 Å². The topological polar surface area (TPSA) is 89.1 Å². The SMILES string of the molecule is O=[N+]([O-])/N=c1/[nH]ccn1Cc1ccc(Cl)nc1. The van der Waals surface area contributed by atoms with E-state index in [2.05, 4.69) is 15.1 Å². The van der Waals surface area contributed by atoms with Crippen molar-refractivity contribution in [1.29, 1.82) is 0 Å². The molecule has 8 heteroatoms. The molecule has 0 unspecified atom stereocenters.